The molecule has 106 valence electrons. The van der Waals surface area contributed by atoms with Crippen molar-refractivity contribution < 1.29 is 0 Å². The second-order valence-corrected chi connectivity index (χ2v) is 6.04. The normalized spacial score (nSPS) is 20.2. The van der Waals surface area contributed by atoms with E-state index in [9.17, 15) is 0 Å². The largest absolute Gasteiger partial charge is 0.313 e. The van der Waals surface area contributed by atoms with Gasteiger partial charge >= 0.3 is 0 Å². The third-order valence-corrected chi connectivity index (χ3v) is 4.17. The van der Waals surface area contributed by atoms with Crippen LogP contribution < -0.4 is 5.32 Å². The van der Waals surface area contributed by atoms with E-state index in [1.54, 1.807) is 6.20 Å². The SMILES string of the molecule is CC(C)N(Cc1ccncc1Cl)CC1CCCCN1. The Kier molecular flexibility index (Phi) is 5.61. The van der Waals surface area contributed by atoms with Crippen LogP contribution in [0, 0.1) is 0 Å². The van der Waals surface area contributed by atoms with E-state index in [-0.39, 0.29) is 0 Å². The molecule has 3 nitrogen and oxygen atoms in total. The Morgan fingerprint density at radius 3 is 2.95 bits per heavy atom. The maximum absolute atomic E-state index is 6.21. The number of piperidine rings is 1. The summed E-state index contributed by atoms with van der Waals surface area (Å²) in [5, 5.41) is 4.39. The van der Waals surface area contributed by atoms with Crippen LogP contribution in [0.4, 0.5) is 0 Å². The highest BCUT2D eigenvalue weighted by Crippen LogP contribution is 2.18. The van der Waals surface area contributed by atoms with Crippen LogP contribution in [0.5, 0.6) is 0 Å². The van der Waals surface area contributed by atoms with Crippen molar-refractivity contribution in [1.29, 1.82) is 0 Å². The van der Waals surface area contributed by atoms with Gasteiger partial charge in [-0.3, -0.25) is 9.88 Å². The molecule has 19 heavy (non-hydrogen) atoms. The molecule has 1 unspecified atom stereocenters. The van der Waals surface area contributed by atoms with Gasteiger partial charge in [0.1, 0.15) is 0 Å². The lowest BCUT2D eigenvalue weighted by Gasteiger charge is -2.33. The molecule has 4 heteroatoms. The zero-order valence-electron chi connectivity index (χ0n) is 11.9. The van der Waals surface area contributed by atoms with Gasteiger partial charge in [0, 0.05) is 37.6 Å². The van der Waals surface area contributed by atoms with E-state index in [1.807, 2.05) is 12.3 Å². The Hall–Kier alpha value is -0.640. The van der Waals surface area contributed by atoms with Crippen molar-refractivity contribution >= 4 is 11.6 Å². The molecule has 1 aliphatic heterocycles. The van der Waals surface area contributed by atoms with Gasteiger partial charge in [-0.1, -0.05) is 18.0 Å². The molecule has 1 atom stereocenters. The highest BCUT2D eigenvalue weighted by molar-refractivity contribution is 6.31. The molecular formula is C15H24ClN3. The van der Waals surface area contributed by atoms with Crippen molar-refractivity contribution in [3.63, 3.8) is 0 Å². The van der Waals surface area contributed by atoms with E-state index in [4.69, 9.17) is 11.6 Å². The number of nitrogens with one attached hydrogen (secondary N) is 1. The summed E-state index contributed by atoms with van der Waals surface area (Å²) in [5.41, 5.74) is 1.17. The quantitative estimate of drug-likeness (QED) is 0.899. The lowest BCUT2D eigenvalue weighted by Crippen LogP contribution is -2.45. The standard InChI is InChI=1S/C15H24ClN3/c1-12(2)19(11-14-5-3-4-7-18-14)10-13-6-8-17-9-15(13)16/h6,8-9,12,14,18H,3-5,7,10-11H2,1-2H3. The average Bonchev–Trinajstić information content (AvgIpc) is 2.41. The maximum Gasteiger partial charge on any atom is 0.0634 e. The first-order chi connectivity index (χ1) is 9.16. The molecule has 1 N–H and O–H groups in total. The van der Waals surface area contributed by atoms with Crippen molar-refractivity contribution in [2.24, 2.45) is 0 Å². The summed E-state index contributed by atoms with van der Waals surface area (Å²) < 4.78 is 0. The Bertz CT molecular complexity index is 389. The second kappa shape index (κ2) is 7.22. The molecule has 2 rings (SSSR count). The minimum absolute atomic E-state index is 0.521. The van der Waals surface area contributed by atoms with Crippen LogP contribution in [-0.2, 0) is 6.54 Å². The highest BCUT2D eigenvalue weighted by atomic mass is 35.5. The van der Waals surface area contributed by atoms with Crippen molar-refractivity contribution in [2.45, 2.75) is 51.7 Å². The molecule has 1 aromatic heterocycles. The number of hydrogen-bond acceptors (Lipinski definition) is 3. The summed E-state index contributed by atoms with van der Waals surface area (Å²) in [6.45, 7) is 7.65. The first-order valence-corrected chi connectivity index (χ1v) is 7.60. The number of rotatable bonds is 5. The summed E-state index contributed by atoms with van der Waals surface area (Å²) in [6, 6.07) is 3.16. The topological polar surface area (TPSA) is 28.2 Å². The van der Waals surface area contributed by atoms with Gasteiger partial charge < -0.3 is 5.32 Å². The predicted molar refractivity (Wildman–Crippen MR) is 80.4 cm³/mol. The third kappa shape index (κ3) is 4.44. The van der Waals surface area contributed by atoms with E-state index in [0.29, 0.717) is 12.1 Å². The molecule has 0 aromatic carbocycles. The number of nitrogens with zero attached hydrogens (tertiary/aromatic N) is 2. The van der Waals surface area contributed by atoms with Crippen LogP contribution in [0.3, 0.4) is 0 Å². The molecule has 0 spiro atoms. The number of halogens is 1. The van der Waals surface area contributed by atoms with Crippen LogP contribution in [-0.4, -0.2) is 35.1 Å². The zero-order chi connectivity index (χ0) is 13.7. The van der Waals surface area contributed by atoms with Gasteiger partial charge in [0.05, 0.1) is 5.02 Å². The van der Waals surface area contributed by atoms with Crippen LogP contribution in [0.2, 0.25) is 5.02 Å². The molecule has 0 amide bonds. The second-order valence-electron chi connectivity index (χ2n) is 5.64. The smallest absolute Gasteiger partial charge is 0.0634 e. The Morgan fingerprint density at radius 2 is 2.32 bits per heavy atom. The number of aromatic nitrogens is 1. The van der Waals surface area contributed by atoms with Gasteiger partial charge in [-0.15, -0.1) is 0 Å². The van der Waals surface area contributed by atoms with Gasteiger partial charge in [-0.2, -0.15) is 0 Å². The fraction of sp³-hybridized carbons (Fsp3) is 0.667. The molecule has 0 bridgehead atoms. The highest BCUT2D eigenvalue weighted by Gasteiger charge is 2.19. The van der Waals surface area contributed by atoms with Crippen LogP contribution in [0.25, 0.3) is 0 Å². The van der Waals surface area contributed by atoms with Gasteiger partial charge in [0.2, 0.25) is 0 Å². The van der Waals surface area contributed by atoms with Crippen LogP contribution in [0.1, 0.15) is 38.7 Å². The minimum atomic E-state index is 0.521. The van der Waals surface area contributed by atoms with Crippen molar-refractivity contribution in [1.82, 2.24) is 15.2 Å². The monoisotopic (exact) mass is 281 g/mol. The van der Waals surface area contributed by atoms with E-state index in [1.165, 1.54) is 24.8 Å². The van der Waals surface area contributed by atoms with E-state index >= 15 is 0 Å². The fourth-order valence-electron chi connectivity index (χ4n) is 2.57. The van der Waals surface area contributed by atoms with Crippen molar-refractivity contribution in [3.8, 4) is 0 Å². The molecule has 1 saturated heterocycles. The van der Waals surface area contributed by atoms with Gasteiger partial charge in [-0.05, 0) is 44.9 Å². The molecule has 1 aliphatic rings. The minimum Gasteiger partial charge on any atom is -0.313 e. The van der Waals surface area contributed by atoms with E-state index in [0.717, 1.165) is 24.7 Å². The molecule has 0 aliphatic carbocycles. The molecule has 1 fully saturated rings. The Morgan fingerprint density at radius 1 is 1.47 bits per heavy atom. The summed E-state index contributed by atoms with van der Waals surface area (Å²) in [4.78, 5) is 6.54. The molecule has 1 aromatic rings. The summed E-state index contributed by atoms with van der Waals surface area (Å²) >= 11 is 6.21. The Balaban J connectivity index is 1.97. The predicted octanol–water partition coefficient (Wildman–Crippen LogP) is 3.09. The van der Waals surface area contributed by atoms with Crippen LogP contribution >= 0.6 is 11.6 Å². The van der Waals surface area contributed by atoms with E-state index < -0.39 is 0 Å². The third-order valence-electron chi connectivity index (χ3n) is 3.83. The van der Waals surface area contributed by atoms with Gasteiger partial charge in [-0.25, -0.2) is 0 Å². The maximum atomic E-state index is 6.21. The first-order valence-electron chi connectivity index (χ1n) is 7.22. The summed E-state index contributed by atoms with van der Waals surface area (Å²) in [5.74, 6) is 0. The lowest BCUT2D eigenvalue weighted by molar-refractivity contribution is 0.177. The van der Waals surface area contributed by atoms with Crippen molar-refractivity contribution in [2.75, 3.05) is 13.1 Å². The number of hydrogen-bond donors (Lipinski definition) is 1. The summed E-state index contributed by atoms with van der Waals surface area (Å²) in [7, 11) is 0. The summed E-state index contributed by atoms with van der Waals surface area (Å²) in [6.07, 6.45) is 7.49. The van der Waals surface area contributed by atoms with Crippen molar-refractivity contribution in [3.05, 3.63) is 29.0 Å². The molecular weight excluding hydrogens is 258 g/mol. The molecule has 0 radical (unpaired) electrons. The average molecular weight is 282 g/mol. The lowest BCUT2D eigenvalue weighted by atomic mass is 10.0. The zero-order valence-corrected chi connectivity index (χ0v) is 12.7. The van der Waals surface area contributed by atoms with E-state index in [2.05, 4.69) is 29.0 Å². The Labute approximate surface area is 121 Å². The van der Waals surface area contributed by atoms with Gasteiger partial charge in [0.15, 0.2) is 0 Å². The first kappa shape index (κ1) is 14.8. The number of pyridine rings is 1. The van der Waals surface area contributed by atoms with Gasteiger partial charge in [0.25, 0.3) is 0 Å². The van der Waals surface area contributed by atoms with Crippen LogP contribution in [0.15, 0.2) is 18.5 Å². The fourth-order valence-corrected chi connectivity index (χ4v) is 2.75. The molecule has 0 saturated carbocycles. The molecule has 2 heterocycles.